The molecule has 1 rings (SSSR count). The zero-order valence-corrected chi connectivity index (χ0v) is 11.9. The molecule has 0 bridgehead atoms. The van der Waals surface area contributed by atoms with Crippen molar-refractivity contribution in [3.63, 3.8) is 0 Å². The highest BCUT2D eigenvalue weighted by molar-refractivity contribution is 5.95. The molecule has 1 heterocycles. The number of nitrogens with two attached hydrogens (primary N) is 3. The van der Waals surface area contributed by atoms with Crippen LogP contribution in [0.4, 0.5) is 0 Å². The smallest absolute Gasteiger partial charge is 0.339 e. The van der Waals surface area contributed by atoms with Gasteiger partial charge in [0.1, 0.15) is 0 Å². The van der Waals surface area contributed by atoms with Gasteiger partial charge in [-0.3, -0.25) is 9.59 Å². The average molecular weight is 302 g/mol. The summed E-state index contributed by atoms with van der Waals surface area (Å²) in [6, 6.07) is -0.931. The molecule has 0 spiro atoms. The van der Waals surface area contributed by atoms with Crippen molar-refractivity contribution >= 4 is 17.7 Å². The normalized spacial score (nSPS) is 24.0. The minimum absolute atomic E-state index is 0.0111. The Kier molecular flexibility index (Phi) is 5.40. The van der Waals surface area contributed by atoms with Crippen molar-refractivity contribution in [1.82, 2.24) is 4.90 Å². The second-order valence-corrected chi connectivity index (χ2v) is 5.35. The van der Waals surface area contributed by atoms with Gasteiger partial charge in [0.2, 0.25) is 5.91 Å². The van der Waals surface area contributed by atoms with Gasteiger partial charge in [-0.1, -0.05) is 6.92 Å². The summed E-state index contributed by atoms with van der Waals surface area (Å²) < 4.78 is 0. The van der Waals surface area contributed by atoms with E-state index in [0.29, 0.717) is 0 Å². The van der Waals surface area contributed by atoms with Gasteiger partial charge < -0.3 is 32.3 Å². The van der Waals surface area contributed by atoms with E-state index in [2.05, 4.69) is 0 Å². The number of amides is 1. The van der Waals surface area contributed by atoms with Gasteiger partial charge >= 0.3 is 5.97 Å². The highest BCUT2D eigenvalue weighted by Crippen LogP contribution is 2.24. The summed E-state index contributed by atoms with van der Waals surface area (Å²) in [6.45, 7) is 1.43. The Labute approximate surface area is 122 Å². The summed E-state index contributed by atoms with van der Waals surface area (Å²) in [4.78, 5) is 36.5. The van der Waals surface area contributed by atoms with Gasteiger partial charge in [-0.05, 0) is 0 Å². The number of nitrogens with zero attached hydrogens (tertiary/aromatic N) is 1. The Balaban J connectivity index is 2.93. The molecule has 1 aliphatic rings. The number of carboxylic acid groups (broad SMARTS) is 1. The summed E-state index contributed by atoms with van der Waals surface area (Å²) in [5, 5.41) is 18.6. The molecule has 120 valence electrons. The third kappa shape index (κ3) is 3.56. The molecule has 8 N–H and O–H groups in total. The van der Waals surface area contributed by atoms with E-state index in [9.17, 15) is 19.5 Å². The molecule has 9 heteroatoms. The van der Waals surface area contributed by atoms with E-state index < -0.39 is 35.5 Å². The second kappa shape index (κ2) is 6.48. The molecule has 1 fully saturated rings. The third-order valence-electron chi connectivity index (χ3n) is 3.80. The van der Waals surface area contributed by atoms with Gasteiger partial charge in [0.25, 0.3) is 0 Å². The predicted octanol–water partition coefficient (Wildman–Crippen LogP) is -2.80. The zero-order valence-electron chi connectivity index (χ0n) is 11.9. The monoisotopic (exact) mass is 302 g/mol. The molecule has 0 aromatic carbocycles. The topological polar surface area (TPSA) is 173 Å². The number of carboxylic acids is 1. The Hall–Kier alpha value is -1.55. The molecule has 21 heavy (non-hydrogen) atoms. The van der Waals surface area contributed by atoms with Crippen LogP contribution in [0.2, 0.25) is 0 Å². The summed E-state index contributed by atoms with van der Waals surface area (Å²) in [7, 11) is 0. The van der Waals surface area contributed by atoms with Crippen molar-refractivity contribution in [1.29, 1.82) is 0 Å². The number of hydrogen-bond donors (Lipinski definition) is 5. The molecule has 9 nitrogen and oxygen atoms in total. The van der Waals surface area contributed by atoms with Crippen molar-refractivity contribution < 1.29 is 24.6 Å². The lowest BCUT2D eigenvalue weighted by Crippen LogP contribution is -2.64. The molecule has 3 atom stereocenters. The lowest BCUT2D eigenvalue weighted by atomic mass is 9.87. The number of aliphatic hydroxyl groups excluding tert-OH is 1. The first kappa shape index (κ1) is 17.5. The lowest BCUT2D eigenvalue weighted by Gasteiger charge is -2.31. The predicted molar refractivity (Wildman–Crippen MR) is 72.7 cm³/mol. The minimum atomic E-state index is -2.23. The van der Waals surface area contributed by atoms with Crippen LogP contribution in [0.25, 0.3) is 0 Å². The fourth-order valence-corrected chi connectivity index (χ4v) is 2.34. The van der Waals surface area contributed by atoms with E-state index in [4.69, 9.17) is 22.3 Å². The number of β-amino-alcohol motifs (C(OH)–C–C–N with tert-alkyl or cyclic N) is 1. The molecule has 1 saturated heterocycles. The van der Waals surface area contributed by atoms with Crippen molar-refractivity contribution in [3.05, 3.63) is 0 Å². The van der Waals surface area contributed by atoms with Crippen molar-refractivity contribution in [2.45, 2.75) is 37.6 Å². The van der Waals surface area contributed by atoms with Crippen LogP contribution >= 0.6 is 0 Å². The van der Waals surface area contributed by atoms with Crippen LogP contribution in [0.5, 0.6) is 0 Å². The van der Waals surface area contributed by atoms with Crippen molar-refractivity contribution in [2.24, 2.45) is 23.1 Å². The molecular weight excluding hydrogens is 280 g/mol. The molecule has 0 aromatic rings. The molecular formula is C12H22N4O5. The van der Waals surface area contributed by atoms with Gasteiger partial charge in [0.05, 0.1) is 18.1 Å². The van der Waals surface area contributed by atoms with Crippen LogP contribution in [0.15, 0.2) is 0 Å². The number of aliphatic hydroxyl groups is 1. The Morgan fingerprint density at radius 3 is 2.43 bits per heavy atom. The first-order chi connectivity index (χ1) is 9.62. The fraction of sp³-hybridized carbons (Fsp3) is 0.750. The van der Waals surface area contributed by atoms with E-state index in [1.165, 1.54) is 11.8 Å². The SMILES string of the molecule is CC(C(=O)[C@@H]1C[C@@H](O)CN1C(=O)CCN)C(N)(N)C(=O)O. The third-order valence-corrected chi connectivity index (χ3v) is 3.80. The maximum Gasteiger partial charge on any atom is 0.339 e. The molecule has 0 aliphatic carbocycles. The van der Waals surface area contributed by atoms with Crippen LogP contribution in [-0.2, 0) is 14.4 Å². The maximum atomic E-state index is 12.4. The maximum absolute atomic E-state index is 12.4. The molecule has 1 unspecified atom stereocenters. The number of Topliss-reactive ketones (excluding diaryl/α,β-unsaturated/α-hetero) is 1. The number of rotatable bonds is 6. The summed E-state index contributed by atoms with van der Waals surface area (Å²) >= 11 is 0. The number of likely N-dealkylation sites (tertiary alicyclic amines) is 1. The summed E-state index contributed by atoms with van der Waals surface area (Å²) in [5.41, 5.74) is 14.0. The number of hydrogen-bond acceptors (Lipinski definition) is 7. The van der Waals surface area contributed by atoms with E-state index in [0.717, 1.165) is 0 Å². The highest BCUT2D eigenvalue weighted by Gasteiger charge is 2.46. The van der Waals surface area contributed by atoms with Gasteiger partial charge in [0, 0.05) is 25.9 Å². The van der Waals surface area contributed by atoms with Crippen LogP contribution in [0.3, 0.4) is 0 Å². The number of carbonyl (C=O) groups is 3. The Bertz CT molecular complexity index is 439. The molecule has 0 aromatic heterocycles. The first-order valence-corrected chi connectivity index (χ1v) is 6.65. The van der Waals surface area contributed by atoms with Crippen LogP contribution in [0, 0.1) is 5.92 Å². The van der Waals surface area contributed by atoms with Gasteiger partial charge in [-0.15, -0.1) is 0 Å². The quantitative estimate of drug-likeness (QED) is 0.327. The molecule has 1 aliphatic heterocycles. The van der Waals surface area contributed by atoms with Crippen LogP contribution in [0.1, 0.15) is 19.8 Å². The Morgan fingerprint density at radius 2 is 1.95 bits per heavy atom. The second-order valence-electron chi connectivity index (χ2n) is 5.35. The number of ketones is 1. The van der Waals surface area contributed by atoms with E-state index in [1.807, 2.05) is 0 Å². The first-order valence-electron chi connectivity index (χ1n) is 6.65. The van der Waals surface area contributed by atoms with E-state index in [-0.39, 0.29) is 31.8 Å². The van der Waals surface area contributed by atoms with Gasteiger partial charge in [-0.25, -0.2) is 4.79 Å². The lowest BCUT2D eigenvalue weighted by molar-refractivity contribution is -0.149. The van der Waals surface area contributed by atoms with Crippen molar-refractivity contribution in [2.75, 3.05) is 13.1 Å². The summed E-state index contributed by atoms with van der Waals surface area (Å²) in [6.07, 6.45) is -0.766. The van der Waals surface area contributed by atoms with E-state index in [1.54, 1.807) is 0 Å². The standard InChI is InChI=1S/C12H22N4O5/c1-6(12(14,15)11(20)21)10(19)8-4-7(17)5-16(8)9(18)2-3-13/h6-8,17H,2-5,13-15H2,1H3,(H,20,21)/t6?,7-,8+/m1/s1. The molecule has 1 amide bonds. The molecule has 0 radical (unpaired) electrons. The number of carbonyl (C=O) groups excluding carboxylic acids is 2. The average Bonchev–Trinajstić information content (AvgIpc) is 2.79. The van der Waals surface area contributed by atoms with Crippen LogP contribution in [-0.4, -0.2) is 63.7 Å². The van der Waals surface area contributed by atoms with Gasteiger partial charge in [0.15, 0.2) is 11.4 Å². The summed E-state index contributed by atoms with van der Waals surface area (Å²) in [5.74, 6) is -3.67. The molecule has 0 saturated carbocycles. The zero-order chi connectivity index (χ0) is 16.4. The fourth-order valence-electron chi connectivity index (χ4n) is 2.34. The van der Waals surface area contributed by atoms with Gasteiger partial charge in [-0.2, -0.15) is 0 Å². The number of aliphatic carboxylic acids is 1. The van der Waals surface area contributed by atoms with E-state index >= 15 is 0 Å². The Morgan fingerprint density at radius 1 is 1.38 bits per heavy atom. The largest absolute Gasteiger partial charge is 0.479 e. The van der Waals surface area contributed by atoms with Crippen molar-refractivity contribution in [3.8, 4) is 0 Å². The van der Waals surface area contributed by atoms with Crippen LogP contribution < -0.4 is 17.2 Å². The minimum Gasteiger partial charge on any atom is -0.479 e. The highest BCUT2D eigenvalue weighted by atomic mass is 16.4.